The van der Waals surface area contributed by atoms with Crippen molar-refractivity contribution in [2.75, 3.05) is 20.2 Å². The summed E-state index contributed by atoms with van der Waals surface area (Å²) < 4.78 is 6.67. The number of rotatable bonds is 4. The molecule has 0 saturated carbocycles. The fourth-order valence-electron chi connectivity index (χ4n) is 4.98. The third kappa shape index (κ3) is 5.05. The molecule has 0 spiro atoms. The molecule has 5 nitrogen and oxygen atoms in total. The van der Waals surface area contributed by atoms with E-state index in [1.807, 2.05) is 17.2 Å². The summed E-state index contributed by atoms with van der Waals surface area (Å²) in [7, 11) is 1.35. The number of carbonyl (C=O) groups is 2. The van der Waals surface area contributed by atoms with E-state index in [0.717, 1.165) is 45.3 Å². The van der Waals surface area contributed by atoms with Crippen LogP contribution < -0.4 is 0 Å². The van der Waals surface area contributed by atoms with Crippen LogP contribution in [0.25, 0.3) is 0 Å². The van der Waals surface area contributed by atoms with E-state index in [4.69, 9.17) is 16.6 Å². The molecule has 0 N–H and O–H groups in total. The van der Waals surface area contributed by atoms with E-state index in [-0.39, 0.29) is 30.6 Å². The molecule has 2 heterocycles. The highest BCUT2D eigenvalue weighted by atomic mass is 79.9. The van der Waals surface area contributed by atoms with Crippen molar-refractivity contribution in [2.24, 2.45) is 5.92 Å². The lowest BCUT2D eigenvalue weighted by Crippen LogP contribution is -2.40. The lowest BCUT2D eigenvalue weighted by molar-refractivity contribution is -0.144. The SMILES string of the molecule is COC(=O)CCC(=O)N1CCC(C2c3ncc(Br)cc3CCc3cc(Cl)cc(Br)c32)CC1. The molecule has 1 amide bonds. The second kappa shape index (κ2) is 10.2. The summed E-state index contributed by atoms with van der Waals surface area (Å²) in [6.45, 7) is 1.38. The normalized spacial score (nSPS) is 18.5. The zero-order valence-corrected chi connectivity index (χ0v) is 21.8. The molecule has 1 aliphatic heterocycles. The number of methoxy groups -OCH3 is 1. The summed E-state index contributed by atoms with van der Waals surface area (Å²) in [6.07, 6.45) is 5.83. The number of esters is 1. The van der Waals surface area contributed by atoms with Crippen LogP contribution in [0, 0.1) is 5.92 Å². The van der Waals surface area contributed by atoms with Gasteiger partial charge in [-0.15, -0.1) is 0 Å². The van der Waals surface area contributed by atoms with E-state index < -0.39 is 0 Å². The van der Waals surface area contributed by atoms with E-state index in [1.165, 1.54) is 23.8 Å². The first-order valence-electron chi connectivity index (χ1n) is 10.8. The molecule has 1 aliphatic carbocycles. The molecule has 1 aromatic heterocycles. The average Bonchev–Trinajstić information content (AvgIpc) is 2.94. The highest BCUT2D eigenvalue weighted by Crippen LogP contribution is 2.46. The predicted octanol–water partition coefficient (Wildman–Crippen LogP) is 5.68. The minimum atomic E-state index is -0.347. The molecule has 1 atom stereocenters. The number of amides is 1. The molecule has 1 aromatic carbocycles. The molecule has 1 fully saturated rings. The monoisotopic (exact) mass is 582 g/mol. The Hall–Kier alpha value is -1.44. The second-order valence-electron chi connectivity index (χ2n) is 8.43. The van der Waals surface area contributed by atoms with Crippen molar-refractivity contribution in [1.82, 2.24) is 9.88 Å². The fraction of sp³-hybridized carbons (Fsp3) is 0.458. The highest BCUT2D eigenvalue weighted by molar-refractivity contribution is 9.10. The van der Waals surface area contributed by atoms with Gasteiger partial charge in [-0.1, -0.05) is 27.5 Å². The van der Waals surface area contributed by atoms with Crippen LogP contribution in [0.3, 0.4) is 0 Å². The van der Waals surface area contributed by atoms with Gasteiger partial charge >= 0.3 is 5.97 Å². The van der Waals surface area contributed by atoms with Crippen LogP contribution in [0.4, 0.5) is 0 Å². The van der Waals surface area contributed by atoms with Gasteiger partial charge in [0.05, 0.1) is 19.2 Å². The molecule has 1 saturated heterocycles. The summed E-state index contributed by atoms with van der Waals surface area (Å²) in [5, 5.41) is 0.737. The lowest BCUT2D eigenvalue weighted by atomic mass is 9.76. The van der Waals surface area contributed by atoms with Gasteiger partial charge in [-0.3, -0.25) is 14.6 Å². The van der Waals surface area contributed by atoms with Crippen LogP contribution >= 0.6 is 43.5 Å². The van der Waals surface area contributed by atoms with Gasteiger partial charge in [-0.2, -0.15) is 0 Å². The maximum atomic E-state index is 12.6. The summed E-state index contributed by atoms with van der Waals surface area (Å²) in [4.78, 5) is 30.7. The van der Waals surface area contributed by atoms with Gasteiger partial charge in [0, 0.05) is 45.6 Å². The summed E-state index contributed by atoms with van der Waals surface area (Å²) >= 11 is 13.8. The molecule has 1 unspecified atom stereocenters. The molecule has 170 valence electrons. The topological polar surface area (TPSA) is 59.5 Å². The first-order chi connectivity index (χ1) is 15.4. The molecule has 2 aromatic rings. The summed E-state index contributed by atoms with van der Waals surface area (Å²) in [5.41, 5.74) is 4.93. The van der Waals surface area contributed by atoms with Crippen LogP contribution in [0.5, 0.6) is 0 Å². The average molecular weight is 585 g/mol. The van der Waals surface area contributed by atoms with Crippen molar-refractivity contribution < 1.29 is 14.3 Å². The number of halogens is 3. The Morgan fingerprint density at radius 1 is 1.12 bits per heavy atom. The number of aromatic nitrogens is 1. The van der Waals surface area contributed by atoms with Crippen LogP contribution in [-0.4, -0.2) is 42.0 Å². The number of piperidine rings is 1. The van der Waals surface area contributed by atoms with E-state index in [1.54, 1.807) is 0 Å². The van der Waals surface area contributed by atoms with Crippen LogP contribution in [0.1, 0.15) is 54.0 Å². The maximum Gasteiger partial charge on any atom is 0.306 e. The van der Waals surface area contributed by atoms with Crippen LogP contribution in [0.15, 0.2) is 33.3 Å². The number of ether oxygens (including phenoxy) is 1. The van der Waals surface area contributed by atoms with Crippen molar-refractivity contribution in [3.8, 4) is 0 Å². The number of aryl methyl sites for hydroxylation is 2. The molecule has 0 radical (unpaired) electrons. The molecule has 8 heteroatoms. The number of benzene rings is 1. The van der Waals surface area contributed by atoms with Gasteiger partial charge in [0.25, 0.3) is 0 Å². The van der Waals surface area contributed by atoms with Gasteiger partial charge < -0.3 is 9.64 Å². The number of likely N-dealkylation sites (tertiary alicyclic amines) is 1. The first-order valence-corrected chi connectivity index (χ1v) is 12.8. The van der Waals surface area contributed by atoms with Gasteiger partial charge in [0.1, 0.15) is 0 Å². The van der Waals surface area contributed by atoms with Crippen molar-refractivity contribution in [3.63, 3.8) is 0 Å². The Balaban J connectivity index is 1.60. The molecule has 0 bridgehead atoms. The van der Waals surface area contributed by atoms with Gasteiger partial charge in [-0.05, 0) is 82.4 Å². The third-order valence-corrected chi connectivity index (χ3v) is 7.86. The quantitative estimate of drug-likeness (QED) is 0.434. The fourth-order valence-corrected chi connectivity index (χ4v) is 6.48. The van der Waals surface area contributed by atoms with Crippen LogP contribution in [0.2, 0.25) is 5.02 Å². The molecular weight excluding hydrogens is 560 g/mol. The minimum Gasteiger partial charge on any atom is -0.469 e. The van der Waals surface area contributed by atoms with Gasteiger partial charge in [0.2, 0.25) is 5.91 Å². The van der Waals surface area contributed by atoms with E-state index in [9.17, 15) is 9.59 Å². The Bertz CT molecular complexity index is 1040. The molecule has 32 heavy (non-hydrogen) atoms. The number of carbonyl (C=O) groups excluding carboxylic acids is 2. The Labute approximate surface area is 210 Å². The number of hydrogen-bond donors (Lipinski definition) is 0. The Morgan fingerprint density at radius 2 is 1.84 bits per heavy atom. The zero-order chi connectivity index (χ0) is 22.8. The predicted molar refractivity (Wildman–Crippen MR) is 131 cm³/mol. The van der Waals surface area contributed by atoms with E-state index >= 15 is 0 Å². The lowest BCUT2D eigenvalue weighted by Gasteiger charge is -2.37. The van der Waals surface area contributed by atoms with Crippen molar-refractivity contribution in [3.05, 3.63) is 60.7 Å². The molecular formula is C24H25Br2ClN2O3. The Morgan fingerprint density at radius 3 is 2.56 bits per heavy atom. The number of nitrogens with zero attached hydrogens (tertiary/aromatic N) is 2. The van der Waals surface area contributed by atoms with Crippen molar-refractivity contribution in [1.29, 1.82) is 0 Å². The van der Waals surface area contributed by atoms with Crippen LogP contribution in [-0.2, 0) is 27.2 Å². The maximum absolute atomic E-state index is 12.6. The van der Waals surface area contributed by atoms with Crippen molar-refractivity contribution in [2.45, 2.75) is 44.4 Å². The van der Waals surface area contributed by atoms with Gasteiger partial charge in [0.15, 0.2) is 0 Å². The smallest absolute Gasteiger partial charge is 0.306 e. The number of pyridine rings is 1. The number of fused-ring (bicyclic) bond motifs is 2. The number of hydrogen-bond acceptors (Lipinski definition) is 4. The molecule has 2 aliphatic rings. The largest absolute Gasteiger partial charge is 0.469 e. The summed E-state index contributed by atoms with van der Waals surface area (Å²) in [5.74, 6) is 0.183. The minimum absolute atomic E-state index is 0.0190. The second-order valence-corrected chi connectivity index (χ2v) is 10.6. The molecule has 4 rings (SSSR count). The standard InChI is InChI=1S/C24H25Br2ClN2O3/c1-32-21(31)5-4-20(30)29-8-6-14(7-9-29)23-22-15(11-18(27)12-19(22)26)2-3-16-10-17(25)13-28-24(16)23/h10-14,23H,2-9H2,1H3. The Kier molecular flexibility index (Phi) is 7.58. The van der Waals surface area contributed by atoms with E-state index in [2.05, 4.69) is 48.7 Å². The zero-order valence-electron chi connectivity index (χ0n) is 17.9. The summed E-state index contributed by atoms with van der Waals surface area (Å²) in [6, 6.07) is 6.24. The highest BCUT2D eigenvalue weighted by Gasteiger charge is 2.36. The first kappa shape index (κ1) is 23.7. The van der Waals surface area contributed by atoms with Crippen molar-refractivity contribution >= 4 is 55.3 Å². The van der Waals surface area contributed by atoms with E-state index in [0.29, 0.717) is 19.0 Å². The third-order valence-electron chi connectivity index (χ3n) is 6.55. The van der Waals surface area contributed by atoms with Gasteiger partial charge in [-0.25, -0.2) is 0 Å².